The minimum atomic E-state index is -0.940. The van der Waals surface area contributed by atoms with E-state index in [-0.39, 0.29) is 5.56 Å². The lowest BCUT2D eigenvalue weighted by Crippen LogP contribution is -1.94. The molecule has 0 aliphatic rings. The van der Waals surface area contributed by atoms with Gasteiger partial charge in [-0.3, -0.25) is 5.10 Å². The van der Waals surface area contributed by atoms with Crippen molar-refractivity contribution in [1.29, 1.82) is 0 Å². The van der Waals surface area contributed by atoms with Gasteiger partial charge in [0.15, 0.2) is 0 Å². The van der Waals surface area contributed by atoms with Crippen molar-refractivity contribution in [2.24, 2.45) is 0 Å². The van der Waals surface area contributed by atoms with Gasteiger partial charge in [0.05, 0.1) is 16.8 Å². The molecule has 5 nitrogen and oxygen atoms in total. The molecule has 0 bridgehead atoms. The number of benzene rings is 2. The molecule has 108 valence electrons. The molecule has 4 aromatic rings. The molecule has 0 aliphatic carbocycles. The van der Waals surface area contributed by atoms with Gasteiger partial charge in [-0.25, -0.2) is 4.79 Å². The fourth-order valence-corrected chi connectivity index (χ4v) is 2.76. The predicted molar refractivity (Wildman–Crippen MR) is 85.4 cm³/mol. The fraction of sp³-hybridized carbons (Fsp3) is 0. The van der Waals surface area contributed by atoms with Crippen molar-refractivity contribution in [3.63, 3.8) is 0 Å². The maximum absolute atomic E-state index is 11.0. The normalized spacial score (nSPS) is 11.3. The zero-order valence-corrected chi connectivity index (χ0v) is 12.0. The van der Waals surface area contributed by atoms with Gasteiger partial charge in [-0.05, 0) is 42.5 Å². The van der Waals surface area contributed by atoms with Crippen LogP contribution in [0.15, 0.2) is 42.5 Å². The summed E-state index contributed by atoms with van der Waals surface area (Å²) in [7, 11) is 0. The number of nitrogens with one attached hydrogen (secondary N) is 2. The van der Waals surface area contributed by atoms with E-state index in [0.29, 0.717) is 5.02 Å². The Balaban J connectivity index is 1.90. The summed E-state index contributed by atoms with van der Waals surface area (Å²) in [6.45, 7) is 0. The lowest BCUT2D eigenvalue weighted by molar-refractivity contribution is 0.0697. The lowest BCUT2D eigenvalue weighted by Gasteiger charge is -1.94. The highest BCUT2D eigenvalue weighted by atomic mass is 35.5. The van der Waals surface area contributed by atoms with Crippen LogP contribution < -0.4 is 0 Å². The predicted octanol–water partition coefficient (Wildman–Crippen LogP) is 4.06. The minimum Gasteiger partial charge on any atom is -0.478 e. The number of aromatic nitrogens is 3. The molecule has 4 rings (SSSR count). The molecule has 0 saturated carbocycles. The highest BCUT2D eigenvalue weighted by Crippen LogP contribution is 2.30. The van der Waals surface area contributed by atoms with Crippen molar-refractivity contribution in [1.82, 2.24) is 15.2 Å². The summed E-state index contributed by atoms with van der Waals surface area (Å²) in [6, 6.07) is 12.4. The van der Waals surface area contributed by atoms with Crippen molar-refractivity contribution in [3.8, 4) is 11.4 Å². The second-order valence-electron chi connectivity index (χ2n) is 5.05. The molecular weight excluding hydrogens is 302 g/mol. The number of rotatable bonds is 2. The van der Waals surface area contributed by atoms with Crippen LogP contribution >= 0.6 is 11.6 Å². The van der Waals surface area contributed by atoms with E-state index >= 15 is 0 Å². The molecule has 22 heavy (non-hydrogen) atoms. The average molecular weight is 312 g/mol. The third-order valence-electron chi connectivity index (χ3n) is 3.65. The van der Waals surface area contributed by atoms with Gasteiger partial charge >= 0.3 is 5.97 Å². The van der Waals surface area contributed by atoms with Crippen LogP contribution in [0.3, 0.4) is 0 Å². The van der Waals surface area contributed by atoms with E-state index in [2.05, 4.69) is 15.2 Å². The first-order chi connectivity index (χ1) is 10.6. The van der Waals surface area contributed by atoms with Gasteiger partial charge < -0.3 is 10.1 Å². The van der Waals surface area contributed by atoms with Crippen LogP contribution in [0, 0.1) is 0 Å². The van der Waals surface area contributed by atoms with Gasteiger partial charge in [0.1, 0.15) is 5.69 Å². The zero-order valence-electron chi connectivity index (χ0n) is 11.2. The molecule has 0 aliphatic heterocycles. The summed E-state index contributed by atoms with van der Waals surface area (Å²) in [4.78, 5) is 14.3. The first kappa shape index (κ1) is 12.9. The van der Waals surface area contributed by atoms with Crippen molar-refractivity contribution < 1.29 is 9.90 Å². The van der Waals surface area contributed by atoms with Crippen molar-refractivity contribution in [2.45, 2.75) is 0 Å². The Morgan fingerprint density at radius 1 is 1.09 bits per heavy atom. The van der Waals surface area contributed by atoms with Crippen LogP contribution in [0.5, 0.6) is 0 Å². The zero-order chi connectivity index (χ0) is 15.3. The summed E-state index contributed by atoms with van der Waals surface area (Å²) in [5.41, 5.74) is 3.58. The number of nitrogens with zero attached hydrogens (tertiary/aromatic N) is 1. The van der Waals surface area contributed by atoms with Crippen LogP contribution in [-0.4, -0.2) is 26.3 Å². The van der Waals surface area contributed by atoms with Crippen LogP contribution in [-0.2, 0) is 0 Å². The van der Waals surface area contributed by atoms with Crippen LogP contribution in [0.4, 0.5) is 0 Å². The summed E-state index contributed by atoms with van der Waals surface area (Å²) >= 11 is 5.97. The average Bonchev–Trinajstić information content (AvgIpc) is 3.08. The maximum atomic E-state index is 11.0. The van der Waals surface area contributed by atoms with Crippen molar-refractivity contribution in [3.05, 3.63) is 53.1 Å². The van der Waals surface area contributed by atoms with Gasteiger partial charge in [0.25, 0.3) is 0 Å². The van der Waals surface area contributed by atoms with Crippen molar-refractivity contribution >= 4 is 39.4 Å². The fourth-order valence-electron chi connectivity index (χ4n) is 2.59. The minimum absolute atomic E-state index is 0.261. The molecule has 3 N–H and O–H groups in total. The number of H-pyrrole nitrogens is 2. The Labute approximate surface area is 129 Å². The molecule has 2 aromatic heterocycles. The van der Waals surface area contributed by atoms with E-state index in [1.807, 2.05) is 24.3 Å². The number of fused-ring (bicyclic) bond motifs is 2. The molecule has 2 heterocycles. The number of halogens is 1. The highest BCUT2D eigenvalue weighted by molar-refractivity contribution is 6.31. The molecule has 0 radical (unpaired) electrons. The van der Waals surface area contributed by atoms with E-state index in [1.165, 1.54) is 0 Å². The third-order valence-corrected chi connectivity index (χ3v) is 3.88. The Kier molecular flexibility index (Phi) is 2.71. The molecule has 0 atom stereocenters. The van der Waals surface area contributed by atoms with E-state index in [0.717, 1.165) is 33.2 Å². The van der Waals surface area contributed by atoms with Gasteiger partial charge in [-0.1, -0.05) is 11.6 Å². The number of carboxylic acids is 1. The first-order valence-electron chi connectivity index (χ1n) is 6.62. The maximum Gasteiger partial charge on any atom is 0.335 e. The van der Waals surface area contributed by atoms with Gasteiger partial charge in [-0.15, -0.1) is 0 Å². The summed E-state index contributed by atoms with van der Waals surface area (Å²) in [6.07, 6.45) is 0. The molecular formula is C16H10ClN3O2. The van der Waals surface area contributed by atoms with Gasteiger partial charge in [-0.2, -0.15) is 5.10 Å². The monoisotopic (exact) mass is 311 g/mol. The molecule has 0 spiro atoms. The SMILES string of the molecule is O=C(O)c1ccc2[nH]c(-c3n[nH]c4cc(Cl)ccc34)cc2c1. The van der Waals surface area contributed by atoms with Crippen LogP contribution in [0.25, 0.3) is 33.2 Å². The second kappa shape index (κ2) is 4.61. The van der Waals surface area contributed by atoms with E-state index in [9.17, 15) is 4.79 Å². The molecule has 0 unspecified atom stereocenters. The first-order valence-corrected chi connectivity index (χ1v) is 7.00. The van der Waals surface area contributed by atoms with Crippen LogP contribution in [0.2, 0.25) is 5.02 Å². The van der Waals surface area contributed by atoms with E-state index in [4.69, 9.17) is 16.7 Å². The summed E-state index contributed by atoms with van der Waals surface area (Å²) in [5, 5.41) is 18.8. The Morgan fingerprint density at radius 3 is 2.77 bits per heavy atom. The molecule has 0 saturated heterocycles. The smallest absolute Gasteiger partial charge is 0.335 e. The molecule has 6 heteroatoms. The van der Waals surface area contributed by atoms with Gasteiger partial charge in [0.2, 0.25) is 0 Å². The second-order valence-corrected chi connectivity index (χ2v) is 5.49. The molecule has 0 amide bonds. The molecule has 0 fully saturated rings. The summed E-state index contributed by atoms with van der Waals surface area (Å²) < 4.78 is 0. The van der Waals surface area contributed by atoms with Crippen LogP contribution in [0.1, 0.15) is 10.4 Å². The quantitative estimate of drug-likeness (QED) is 0.522. The number of carbonyl (C=O) groups is 1. The van der Waals surface area contributed by atoms with E-state index in [1.54, 1.807) is 18.2 Å². The topological polar surface area (TPSA) is 81.8 Å². The Bertz CT molecular complexity index is 1030. The number of hydrogen-bond acceptors (Lipinski definition) is 2. The largest absolute Gasteiger partial charge is 0.478 e. The van der Waals surface area contributed by atoms with E-state index < -0.39 is 5.97 Å². The Morgan fingerprint density at radius 2 is 1.95 bits per heavy atom. The lowest BCUT2D eigenvalue weighted by atomic mass is 10.1. The Hall–Kier alpha value is -2.79. The number of aromatic amines is 2. The van der Waals surface area contributed by atoms with Gasteiger partial charge in [0, 0.05) is 21.3 Å². The number of aromatic carboxylic acids is 1. The summed E-state index contributed by atoms with van der Waals surface area (Å²) in [5.74, 6) is -0.940. The van der Waals surface area contributed by atoms with Crippen molar-refractivity contribution in [2.75, 3.05) is 0 Å². The third kappa shape index (κ3) is 1.95. The standard InChI is InChI=1S/C16H10ClN3O2/c17-10-2-3-11-13(7-10)19-20-15(11)14-6-9-5-8(16(21)22)1-4-12(9)18-14/h1-7,18H,(H,19,20)(H,21,22). The highest BCUT2D eigenvalue weighted by Gasteiger charge is 2.12. The number of carboxylic acid groups (broad SMARTS) is 1. The number of hydrogen-bond donors (Lipinski definition) is 3. The molecule has 2 aromatic carbocycles.